The van der Waals surface area contributed by atoms with E-state index in [4.69, 9.17) is 23.2 Å². The SMILES string of the molecule is [C-]#[N+]c1ccc(N2CC3(CCN(c4ccc(CN5CCN(C6CN(c7cc8c(cc7F)C(=O)N(C7CCC(=O)NC7=O)C8=O)C6)CC5)cn4)CC3)C[C@@H]2C)cc1Cl. The predicted molar refractivity (Wildman–Crippen MR) is 213 cm³/mol. The molecule has 1 aromatic heterocycles. The Morgan fingerprint density at radius 1 is 0.947 bits per heavy atom. The lowest BCUT2D eigenvalue weighted by molar-refractivity contribution is -0.136. The van der Waals surface area contributed by atoms with E-state index in [9.17, 15) is 19.2 Å². The summed E-state index contributed by atoms with van der Waals surface area (Å²) in [7, 11) is 0. The second-order valence-electron chi connectivity index (χ2n) is 16.6. The monoisotopic (exact) mass is 793 g/mol. The molecule has 6 aliphatic rings. The van der Waals surface area contributed by atoms with Crippen LogP contribution in [0.1, 0.15) is 65.3 Å². The molecule has 0 radical (unpaired) electrons. The Hall–Kier alpha value is -5.10. The summed E-state index contributed by atoms with van der Waals surface area (Å²) in [5.74, 6) is -2.03. The van der Waals surface area contributed by atoms with Crippen LogP contribution < -0.4 is 20.0 Å². The van der Waals surface area contributed by atoms with Gasteiger partial charge in [0.25, 0.3) is 11.8 Å². The Balaban J connectivity index is 0.735. The smallest absolute Gasteiger partial charge is 0.262 e. The topological polar surface area (TPSA) is 117 Å². The number of piperidine rings is 2. The molecule has 13 nitrogen and oxygen atoms in total. The standard InChI is InChI=1S/C42H45ClFN9O4/c1-26-20-42(25-52(26)28-4-5-34(45-2)32(43)17-28)9-11-50(12-10-42)37-7-3-27(21-46-37)22-48-13-15-49(16-14-48)29-23-51(24-29)36-19-31-30(18-33(36)44)40(56)53(41(31)57)35-6-8-38(54)47-39(35)55/h3-5,7,17-19,21,26,29,35H,6,8-16,20,22-25H2,1H3,(H,47,54,55)/t26-,35?/m0/s1. The third kappa shape index (κ3) is 6.89. The van der Waals surface area contributed by atoms with E-state index in [0.717, 1.165) is 94.1 Å². The minimum Gasteiger partial charge on any atom is -0.368 e. The Morgan fingerprint density at radius 3 is 2.35 bits per heavy atom. The van der Waals surface area contributed by atoms with Crippen molar-refractivity contribution < 1.29 is 23.6 Å². The molecule has 3 aromatic rings. The highest BCUT2D eigenvalue weighted by Crippen LogP contribution is 2.46. The van der Waals surface area contributed by atoms with Gasteiger partial charge < -0.3 is 14.7 Å². The van der Waals surface area contributed by atoms with Crippen molar-refractivity contribution in [2.24, 2.45) is 5.41 Å². The molecule has 15 heteroatoms. The van der Waals surface area contributed by atoms with Gasteiger partial charge in [-0.2, -0.15) is 0 Å². The number of amides is 4. The molecule has 57 heavy (non-hydrogen) atoms. The van der Waals surface area contributed by atoms with E-state index in [1.807, 2.05) is 29.3 Å². The Labute approximate surface area is 336 Å². The minimum absolute atomic E-state index is 0.0266. The zero-order valence-electron chi connectivity index (χ0n) is 31.9. The summed E-state index contributed by atoms with van der Waals surface area (Å²) in [6, 6.07) is 12.3. The van der Waals surface area contributed by atoms with Crippen LogP contribution in [0.4, 0.5) is 27.3 Å². The first-order valence-corrected chi connectivity index (χ1v) is 20.3. The third-order valence-corrected chi connectivity index (χ3v) is 13.4. The lowest BCUT2D eigenvalue weighted by atomic mass is 9.77. The molecule has 9 rings (SSSR count). The van der Waals surface area contributed by atoms with Crippen molar-refractivity contribution in [1.82, 2.24) is 25.0 Å². The molecule has 1 N–H and O–H groups in total. The highest BCUT2D eigenvalue weighted by Gasteiger charge is 2.47. The lowest BCUT2D eigenvalue weighted by Crippen LogP contribution is -2.63. The van der Waals surface area contributed by atoms with Gasteiger partial charge in [0, 0.05) is 101 Å². The second kappa shape index (κ2) is 14.7. The number of pyridine rings is 1. The molecule has 0 aliphatic carbocycles. The van der Waals surface area contributed by atoms with Crippen LogP contribution in [0, 0.1) is 17.8 Å². The number of rotatable bonds is 7. The largest absolute Gasteiger partial charge is 0.368 e. The van der Waals surface area contributed by atoms with E-state index >= 15 is 4.39 Å². The maximum absolute atomic E-state index is 15.4. The van der Waals surface area contributed by atoms with Gasteiger partial charge in [-0.05, 0) is 73.9 Å². The summed E-state index contributed by atoms with van der Waals surface area (Å²) in [5.41, 5.74) is 3.36. The van der Waals surface area contributed by atoms with Gasteiger partial charge >= 0.3 is 0 Å². The van der Waals surface area contributed by atoms with Crippen LogP contribution in [-0.4, -0.2) is 120 Å². The highest BCUT2D eigenvalue weighted by atomic mass is 35.5. The maximum Gasteiger partial charge on any atom is 0.262 e. The number of benzene rings is 2. The molecule has 6 aliphatic heterocycles. The van der Waals surface area contributed by atoms with Gasteiger partial charge in [0.2, 0.25) is 17.5 Å². The number of hydrogen-bond donors (Lipinski definition) is 1. The third-order valence-electron chi connectivity index (χ3n) is 13.1. The molecule has 1 unspecified atom stereocenters. The van der Waals surface area contributed by atoms with Crippen molar-refractivity contribution in [3.8, 4) is 0 Å². The number of hydrogen-bond acceptors (Lipinski definition) is 10. The van der Waals surface area contributed by atoms with Gasteiger partial charge in [-0.1, -0.05) is 23.7 Å². The average molecular weight is 794 g/mol. The molecule has 2 aromatic carbocycles. The number of fused-ring (bicyclic) bond motifs is 1. The Morgan fingerprint density at radius 2 is 1.68 bits per heavy atom. The van der Waals surface area contributed by atoms with Gasteiger partial charge in [0.1, 0.15) is 17.7 Å². The molecule has 0 bridgehead atoms. The number of carbonyl (C=O) groups excluding carboxylic acids is 4. The number of piperazine rings is 1. The highest BCUT2D eigenvalue weighted by molar-refractivity contribution is 6.33. The normalized spacial score (nSPS) is 24.2. The summed E-state index contributed by atoms with van der Waals surface area (Å²) in [5, 5.41) is 2.70. The van der Waals surface area contributed by atoms with Crippen LogP contribution >= 0.6 is 11.6 Å². The minimum atomic E-state index is -1.09. The van der Waals surface area contributed by atoms with Crippen LogP contribution in [0.3, 0.4) is 0 Å². The zero-order valence-corrected chi connectivity index (χ0v) is 32.7. The van der Waals surface area contributed by atoms with Gasteiger partial charge in [-0.25, -0.2) is 14.2 Å². The molecule has 4 amide bonds. The average Bonchev–Trinajstić information content (AvgIpc) is 3.63. The first-order valence-electron chi connectivity index (χ1n) is 19.9. The van der Waals surface area contributed by atoms with E-state index in [1.54, 1.807) is 0 Å². The van der Waals surface area contributed by atoms with E-state index in [2.05, 4.69) is 48.8 Å². The number of nitrogens with one attached hydrogen (secondary N) is 1. The maximum atomic E-state index is 15.4. The van der Waals surface area contributed by atoms with Crippen molar-refractivity contribution in [1.29, 1.82) is 0 Å². The summed E-state index contributed by atoms with van der Waals surface area (Å²) < 4.78 is 15.4. The van der Waals surface area contributed by atoms with Crippen molar-refractivity contribution in [3.05, 3.63) is 87.6 Å². The fourth-order valence-electron chi connectivity index (χ4n) is 9.85. The van der Waals surface area contributed by atoms with Gasteiger partial charge in [-0.3, -0.25) is 39.2 Å². The molecule has 5 saturated heterocycles. The molecule has 2 atom stereocenters. The van der Waals surface area contributed by atoms with Gasteiger partial charge in [-0.15, -0.1) is 0 Å². The van der Waals surface area contributed by atoms with Crippen LogP contribution in [-0.2, 0) is 16.1 Å². The van der Waals surface area contributed by atoms with Crippen LogP contribution in [0.15, 0.2) is 48.7 Å². The molecule has 1 spiro atoms. The second-order valence-corrected chi connectivity index (χ2v) is 17.0. The summed E-state index contributed by atoms with van der Waals surface area (Å²) >= 11 is 6.38. The number of nitrogens with zero attached hydrogens (tertiary/aromatic N) is 8. The van der Waals surface area contributed by atoms with Gasteiger partial charge in [0.05, 0.1) is 23.4 Å². The van der Waals surface area contributed by atoms with E-state index in [1.165, 1.54) is 11.6 Å². The summed E-state index contributed by atoms with van der Waals surface area (Å²) in [6.45, 7) is 18.2. The molecule has 296 valence electrons. The fraction of sp³-hybridized carbons (Fsp3) is 0.476. The van der Waals surface area contributed by atoms with Crippen LogP contribution in [0.2, 0.25) is 5.02 Å². The molecular weight excluding hydrogens is 749 g/mol. The lowest BCUT2D eigenvalue weighted by Gasteiger charge is -2.49. The molecule has 0 saturated carbocycles. The Kier molecular flexibility index (Phi) is 9.66. The first kappa shape index (κ1) is 37.5. The van der Waals surface area contributed by atoms with E-state index in [0.29, 0.717) is 29.8 Å². The van der Waals surface area contributed by atoms with E-state index in [-0.39, 0.29) is 41.1 Å². The first-order chi connectivity index (χ1) is 27.5. The molecule has 5 fully saturated rings. The molecular formula is C42H45ClFN9O4. The van der Waals surface area contributed by atoms with Gasteiger partial charge in [0.15, 0.2) is 0 Å². The number of carbonyl (C=O) groups is 4. The van der Waals surface area contributed by atoms with Crippen molar-refractivity contribution in [3.63, 3.8) is 0 Å². The Bertz CT molecular complexity index is 2170. The van der Waals surface area contributed by atoms with Crippen molar-refractivity contribution in [2.75, 3.05) is 73.6 Å². The fourth-order valence-corrected chi connectivity index (χ4v) is 10.1. The molecule has 7 heterocycles. The van der Waals surface area contributed by atoms with Crippen molar-refractivity contribution in [2.45, 2.75) is 63.7 Å². The van der Waals surface area contributed by atoms with E-state index < -0.39 is 35.5 Å². The summed E-state index contributed by atoms with van der Waals surface area (Å²) in [6.07, 6.45) is 5.47. The predicted octanol–water partition coefficient (Wildman–Crippen LogP) is 4.72. The van der Waals surface area contributed by atoms with Crippen molar-refractivity contribution >= 4 is 58.1 Å². The van der Waals surface area contributed by atoms with Crippen LogP contribution in [0.25, 0.3) is 4.85 Å². The summed E-state index contributed by atoms with van der Waals surface area (Å²) in [4.78, 5) is 71.3. The number of imide groups is 2. The van der Waals surface area contributed by atoms with Crippen LogP contribution in [0.5, 0.6) is 0 Å². The quantitative estimate of drug-likeness (QED) is 0.266. The number of halogens is 2. The number of anilines is 3. The zero-order chi connectivity index (χ0) is 39.6. The number of aromatic nitrogens is 1.